The van der Waals surface area contributed by atoms with Crippen molar-refractivity contribution in [2.24, 2.45) is 0 Å². The topological polar surface area (TPSA) is 72.8 Å². The van der Waals surface area contributed by atoms with Crippen molar-refractivity contribution in [3.8, 4) is 0 Å². The Morgan fingerprint density at radius 3 is 1.21 bits per heavy atom. The molecule has 0 fully saturated rings. The molecule has 5 heteroatoms. The van der Waals surface area contributed by atoms with Crippen molar-refractivity contribution in [2.75, 3.05) is 13.2 Å². The predicted molar refractivity (Wildman–Crippen MR) is 224 cm³/mol. The predicted octanol–water partition coefficient (Wildman–Crippen LogP) is 14.4. The summed E-state index contributed by atoms with van der Waals surface area (Å²) < 4.78 is 10.6. The van der Waals surface area contributed by atoms with Crippen LogP contribution in [0.2, 0.25) is 0 Å². The maximum Gasteiger partial charge on any atom is 0.306 e. The van der Waals surface area contributed by atoms with Crippen molar-refractivity contribution in [1.82, 2.24) is 0 Å². The van der Waals surface area contributed by atoms with E-state index in [1.165, 1.54) is 161 Å². The SMILES string of the molecule is CCCCCCCCC=CCC=CCC=CCCCC(=O)OC[C@H](CO)OC(=O)CCCCCCCCCCCCCCCCCCCCCCC. The molecule has 0 aliphatic carbocycles. The van der Waals surface area contributed by atoms with Gasteiger partial charge in [0, 0.05) is 12.8 Å². The van der Waals surface area contributed by atoms with Crippen molar-refractivity contribution in [3.63, 3.8) is 0 Å². The van der Waals surface area contributed by atoms with Crippen LogP contribution in [0, 0.1) is 0 Å². The average Bonchev–Trinajstić information content (AvgIpc) is 3.15. The average molecular weight is 731 g/mol. The first-order valence-electron chi connectivity index (χ1n) is 22.5. The Bertz CT molecular complexity index is 832. The Balaban J connectivity index is 3.55. The van der Waals surface area contributed by atoms with E-state index in [-0.39, 0.29) is 25.2 Å². The number of hydrogen-bond donors (Lipinski definition) is 1. The van der Waals surface area contributed by atoms with Crippen LogP contribution in [0.25, 0.3) is 0 Å². The zero-order valence-corrected chi connectivity index (χ0v) is 34.6. The van der Waals surface area contributed by atoms with Gasteiger partial charge in [-0.05, 0) is 44.9 Å². The van der Waals surface area contributed by atoms with Crippen LogP contribution in [0.5, 0.6) is 0 Å². The molecule has 0 bridgehead atoms. The van der Waals surface area contributed by atoms with Crippen LogP contribution in [-0.4, -0.2) is 36.4 Å². The van der Waals surface area contributed by atoms with E-state index in [1.807, 2.05) is 0 Å². The van der Waals surface area contributed by atoms with E-state index in [0.717, 1.165) is 38.5 Å². The summed E-state index contributed by atoms with van der Waals surface area (Å²) in [6.45, 7) is 4.11. The lowest BCUT2D eigenvalue weighted by atomic mass is 10.0. The summed E-state index contributed by atoms with van der Waals surface area (Å²) >= 11 is 0. The largest absolute Gasteiger partial charge is 0.462 e. The van der Waals surface area contributed by atoms with E-state index in [1.54, 1.807) is 0 Å². The Morgan fingerprint density at radius 1 is 0.442 bits per heavy atom. The first kappa shape index (κ1) is 50.1. The molecule has 5 nitrogen and oxygen atoms in total. The maximum atomic E-state index is 12.2. The smallest absolute Gasteiger partial charge is 0.306 e. The number of carbonyl (C=O) groups excluding carboxylic acids is 2. The number of aliphatic hydroxyl groups is 1. The molecule has 0 radical (unpaired) electrons. The van der Waals surface area contributed by atoms with Crippen LogP contribution >= 0.6 is 0 Å². The lowest BCUT2D eigenvalue weighted by Crippen LogP contribution is -2.28. The minimum atomic E-state index is -0.788. The minimum Gasteiger partial charge on any atom is -0.462 e. The minimum absolute atomic E-state index is 0.0889. The van der Waals surface area contributed by atoms with Gasteiger partial charge in [-0.1, -0.05) is 211 Å². The fraction of sp³-hybridized carbons (Fsp3) is 0.830. The molecule has 1 N–H and O–H groups in total. The number of aliphatic hydroxyl groups excluding tert-OH is 1. The van der Waals surface area contributed by atoms with Crippen LogP contribution in [0.3, 0.4) is 0 Å². The van der Waals surface area contributed by atoms with Crippen LogP contribution in [0.4, 0.5) is 0 Å². The number of unbranched alkanes of at least 4 members (excludes halogenated alkanes) is 27. The molecule has 0 aromatic heterocycles. The molecular weight excluding hydrogens is 645 g/mol. The molecule has 304 valence electrons. The summed E-state index contributed by atoms with van der Waals surface area (Å²) in [5, 5.41) is 9.58. The van der Waals surface area contributed by atoms with E-state index < -0.39 is 6.10 Å². The summed E-state index contributed by atoms with van der Waals surface area (Å²) in [7, 11) is 0. The molecule has 1 atom stereocenters. The highest BCUT2D eigenvalue weighted by Gasteiger charge is 2.16. The number of ether oxygens (including phenoxy) is 2. The number of carbonyl (C=O) groups is 2. The van der Waals surface area contributed by atoms with Crippen LogP contribution in [0.15, 0.2) is 36.5 Å². The van der Waals surface area contributed by atoms with Gasteiger partial charge in [-0.25, -0.2) is 0 Å². The molecule has 0 heterocycles. The maximum absolute atomic E-state index is 12.2. The molecule has 0 unspecified atom stereocenters. The molecular formula is C47H86O5. The highest BCUT2D eigenvalue weighted by molar-refractivity contribution is 5.70. The third kappa shape index (κ3) is 40.9. The second-order valence-corrected chi connectivity index (χ2v) is 15.1. The van der Waals surface area contributed by atoms with Crippen LogP contribution in [-0.2, 0) is 19.1 Å². The van der Waals surface area contributed by atoms with Crippen molar-refractivity contribution in [3.05, 3.63) is 36.5 Å². The van der Waals surface area contributed by atoms with E-state index in [2.05, 4.69) is 50.3 Å². The molecule has 0 saturated carbocycles. The summed E-state index contributed by atoms with van der Waals surface area (Å²) in [6, 6.07) is 0. The third-order valence-electron chi connectivity index (χ3n) is 9.94. The third-order valence-corrected chi connectivity index (χ3v) is 9.94. The van der Waals surface area contributed by atoms with Gasteiger partial charge in [0.1, 0.15) is 6.61 Å². The summed E-state index contributed by atoms with van der Waals surface area (Å²) in [4.78, 5) is 24.3. The van der Waals surface area contributed by atoms with Gasteiger partial charge in [-0.3, -0.25) is 9.59 Å². The monoisotopic (exact) mass is 731 g/mol. The number of esters is 2. The van der Waals surface area contributed by atoms with Gasteiger partial charge in [0.05, 0.1) is 6.61 Å². The Morgan fingerprint density at radius 2 is 0.788 bits per heavy atom. The highest BCUT2D eigenvalue weighted by Crippen LogP contribution is 2.16. The van der Waals surface area contributed by atoms with Crippen LogP contribution in [0.1, 0.15) is 232 Å². The molecule has 0 aliphatic heterocycles. The van der Waals surface area contributed by atoms with Gasteiger partial charge in [-0.2, -0.15) is 0 Å². The molecule has 0 saturated heterocycles. The van der Waals surface area contributed by atoms with E-state index in [9.17, 15) is 14.7 Å². The van der Waals surface area contributed by atoms with Crippen molar-refractivity contribution in [1.29, 1.82) is 0 Å². The second-order valence-electron chi connectivity index (χ2n) is 15.1. The Kier molecular flexibility index (Phi) is 42.0. The lowest BCUT2D eigenvalue weighted by molar-refractivity contribution is -0.161. The summed E-state index contributed by atoms with van der Waals surface area (Å²) in [6.07, 6.45) is 53.7. The Labute approximate surface area is 323 Å². The van der Waals surface area contributed by atoms with Gasteiger partial charge < -0.3 is 14.6 Å². The summed E-state index contributed by atoms with van der Waals surface area (Å²) in [5.74, 6) is -0.642. The molecule has 0 rings (SSSR count). The second kappa shape index (κ2) is 43.5. The molecule has 0 aliphatic rings. The van der Waals surface area contributed by atoms with Crippen molar-refractivity contribution >= 4 is 11.9 Å². The normalized spacial score (nSPS) is 12.4. The fourth-order valence-electron chi connectivity index (χ4n) is 6.51. The molecule has 52 heavy (non-hydrogen) atoms. The van der Waals surface area contributed by atoms with Crippen molar-refractivity contribution in [2.45, 2.75) is 238 Å². The molecule has 0 aromatic rings. The first-order valence-corrected chi connectivity index (χ1v) is 22.5. The van der Waals surface area contributed by atoms with Gasteiger partial charge in [0.25, 0.3) is 0 Å². The standard InChI is InChI=1S/C47H86O5/c1-3-5-7-9-11-13-15-17-19-21-22-23-24-26-28-30-32-34-36-38-40-42-47(50)52-45(43-48)44-51-46(49)41-39-37-35-33-31-29-27-25-20-18-16-14-12-10-8-6-4-2/h18,20,27,29,33,35,45,48H,3-17,19,21-26,28,30-32,34,36-44H2,1-2H3/t45-/m0/s1. The number of hydrogen-bond acceptors (Lipinski definition) is 5. The molecule has 0 spiro atoms. The summed E-state index contributed by atoms with van der Waals surface area (Å²) in [5.41, 5.74) is 0. The van der Waals surface area contributed by atoms with E-state index in [0.29, 0.717) is 19.3 Å². The van der Waals surface area contributed by atoms with Crippen LogP contribution < -0.4 is 0 Å². The zero-order chi connectivity index (χ0) is 37.8. The Hall–Kier alpha value is -1.88. The molecule has 0 aromatic carbocycles. The zero-order valence-electron chi connectivity index (χ0n) is 34.6. The van der Waals surface area contributed by atoms with Gasteiger partial charge in [0.15, 0.2) is 6.10 Å². The van der Waals surface area contributed by atoms with E-state index >= 15 is 0 Å². The highest BCUT2D eigenvalue weighted by atomic mass is 16.6. The lowest BCUT2D eigenvalue weighted by Gasteiger charge is -2.15. The fourth-order valence-corrected chi connectivity index (χ4v) is 6.51. The van der Waals surface area contributed by atoms with Crippen molar-refractivity contribution < 1.29 is 24.2 Å². The number of allylic oxidation sites excluding steroid dienone is 6. The number of rotatable bonds is 41. The van der Waals surface area contributed by atoms with Gasteiger partial charge in [-0.15, -0.1) is 0 Å². The van der Waals surface area contributed by atoms with Gasteiger partial charge in [0.2, 0.25) is 0 Å². The first-order chi connectivity index (χ1) is 25.6. The van der Waals surface area contributed by atoms with Gasteiger partial charge >= 0.3 is 11.9 Å². The van der Waals surface area contributed by atoms with E-state index in [4.69, 9.17) is 9.47 Å². The quantitative estimate of drug-likeness (QED) is 0.0385. The molecule has 0 amide bonds.